The van der Waals surface area contributed by atoms with E-state index in [1.807, 2.05) is 18.2 Å². The van der Waals surface area contributed by atoms with Crippen LogP contribution in [0.5, 0.6) is 23.0 Å². The molecule has 1 aliphatic heterocycles. The Kier molecular flexibility index (Phi) is 6.08. The van der Waals surface area contributed by atoms with Crippen LogP contribution in [0.1, 0.15) is 35.1 Å². The normalized spacial score (nSPS) is 19.6. The maximum Gasteiger partial charge on any atom is 0.161 e. The molecule has 146 valence electrons. The average molecular weight is 374 g/mol. The highest BCUT2D eigenvalue weighted by Crippen LogP contribution is 2.43. The highest BCUT2D eigenvalue weighted by atomic mass is 16.5. The number of aryl methyl sites for hydroxylation is 1. The van der Waals surface area contributed by atoms with Crippen LogP contribution < -0.4 is 14.2 Å². The first-order valence-electron chi connectivity index (χ1n) is 8.97. The van der Waals surface area contributed by atoms with Gasteiger partial charge in [-0.25, -0.2) is 0 Å². The van der Waals surface area contributed by atoms with E-state index in [9.17, 15) is 10.2 Å². The van der Waals surface area contributed by atoms with Gasteiger partial charge in [0, 0.05) is 12.5 Å². The van der Waals surface area contributed by atoms with Gasteiger partial charge in [-0.15, -0.1) is 0 Å². The molecule has 1 aliphatic rings. The van der Waals surface area contributed by atoms with E-state index in [2.05, 4.69) is 0 Å². The van der Waals surface area contributed by atoms with Crippen molar-refractivity contribution in [3.63, 3.8) is 0 Å². The monoisotopic (exact) mass is 374 g/mol. The standard InChI is InChI=1S/C21H26O6/c1-24-18-7-6-14(10-20(18)26-3)21-16(12-22)15-11-19(25-2)17(23)9-13(15)5-4-8-27-21/h6-7,9-11,16,21-23H,4-5,8,12H2,1-3H3. The lowest BCUT2D eigenvalue weighted by atomic mass is 9.84. The number of phenols is 1. The molecule has 0 saturated heterocycles. The number of benzene rings is 2. The molecule has 0 aliphatic carbocycles. The van der Waals surface area contributed by atoms with Crippen molar-refractivity contribution in [3.8, 4) is 23.0 Å². The molecule has 0 fully saturated rings. The Balaban J connectivity index is 2.08. The van der Waals surface area contributed by atoms with Gasteiger partial charge in [0.1, 0.15) is 0 Å². The zero-order valence-electron chi connectivity index (χ0n) is 15.9. The molecule has 6 heteroatoms. The number of hydrogen-bond acceptors (Lipinski definition) is 6. The van der Waals surface area contributed by atoms with E-state index in [1.54, 1.807) is 26.4 Å². The Morgan fingerprint density at radius 1 is 1.00 bits per heavy atom. The fourth-order valence-electron chi connectivity index (χ4n) is 3.66. The molecule has 0 spiro atoms. The summed E-state index contributed by atoms with van der Waals surface area (Å²) < 4.78 is 22.2. The van der Waals surface area contributed by atoms with Crippen molar-refractivity contribution in [2.45, 2.75) is 24.9 Å². The minimum Gasteiger partial charge on any atom is -0.504 e. The molecule has 2 atom stereocenters. The van der Waals surface area contributed by atoms with Gasteiger partial charge in [-0.2, -0.15) is 0 Å². The zero-order chi connectivity index (χ0) is 19.4. The van der Waals surface area contributed by atoms with E-state index in [0.29, 0.717) is 23.9 Å². The fraction of sp³-hybridized carbons (Fsp3) is 0.429. The zero-order valence-corrected chi connectivity index (χ0v) is 15.9. The van der Waals surface area contributed by atoms with Crippen molar-refractivity contribution >= 4 is 0 Å². The Labute approximate surface area is 159 Å². The number of rotatable bonds is 5. The molecule has 2 aromatic rings. The highest BCUT2D eigenvalue weighted by Gasteiger charge is 2.30. The second kappa shape index (κ2) is 8.50. The van der Waals surface area contributed by atoms with Crippen LogP contribution >= 0.6 is 0 Å². The van der Waals surface area contributed by atoms with Gasteiger partial charge in [-0.1, -0.05) is 6.07 Å². The summed E-state index contributed by atoms with van der Waals surface area (Å²) in [6.45, 7) is 0.460. The van der Waals surface area contributed by atoms with Crippen LogP contribution in [0.25, 0.3) is 0 Å². The van der Waals surface area contributed by atoms with Crippen LogP contribution in [0.4, 0.5) is 0 Å². The van der Waals surface area contributed by atoms with Gasteiger partial charge >= 0.3 is 0 Å². The summed E-state index contributed by atoms with van der Waals surface area (Å²) in [6, 6.07) is 9.17. The molecule has 1 heterocycles. The van der Waals surface area contributed by atoms with E-state index < -0.39 is 0 Å². The molecule has 2 N–H and O–H groups in total. The Bertz CT molecular complexity index is 788. The quantitative estimate of drug-likeness (QED) is 0.837. The number of aliphatic hydroxyl groups is 1. The molecule has 6 nitrogen and oxygen atoms in total. The Hall–Kier alpha value is -2.44. The lowest BCUT2D eigenvalue weighted by Crippen LogP contribution is -2.22. The molecule has 2 aromatic carbocycles. The van der Waals surface area contributed by atoms with Gasteiger partial charge in [-0.3, -0.25) is 0 Å². The predicted octanol–water partition coefficient (Wildman–Crippen LogP) is 3.20. The number of ether oxygens (including phenoxy) is 4. The van der Waals surface area contributed by atoms with Crippen molar-refractivity contribution in [3.05, 3.63) is 47.0 Å². The van der Waals surface area contributed by atoms with Crippen LogP contribution in [0, 0.1) is 0 Å². The van der Waals surface area contributed by atoms with Crippen LogP contribution in [-0.2, 0) is 11.2 Å². The summed E-state index contributed by atoms with van der Waals surface area (Å²) >= 11 is 0. The minimum absolute atomic E-state index is 0.0973. The van der Waals surface area contributed by atoms with Crippen LogP contribution in [0.15, 0.2) is 30.3 Å². The topological polar surface area (TPSA) is 77.4 Å². The molecular formula is C21H26O6. The van der Waals surface area contributed by atoms with Gasteiger partial charge in [0.15, 0.2) is 23.0 Å². The SMILES string of the molecule is COc1cc2c(cc1O)CCCOC(c1ccc(OC)c(OC)c1)C2CO. The third-order valence-corrected chi connectivity index (χ3v) is 5.03. The van der Waals surface area contributed by atoms with E-state index in [1.165, 1.54) is 7.11 Å². The summed E-state index contributed by atoms with van der Waals surface area (Å²) in [7, 11) is 4.70. The molecule has 0 bridgehead atoms. The first-order valence-corrected chi connectivity index (χ1v) is 8.97. The third kappa shape index (κ3) is 3.82. The molecule has 0 aromatic heterocycles. The summed E-state index contributed by atoms with van der Waals surface area (Å²) in [5.41, 5.74) is 2.82. The van der Waals surface area contributed by atoms with E-state index in [-0.39, 0.29) is 24.4 Å². The fourth-order valence-corrected chi connectivity index (χ4v) is 3.66. The first kappa shape index (κ1) is 19.3. The van der Waals surface area contributed by atoms with Gasteiger partial charge in [-0.05, 0) is 53.8 Å². The largest absolute Gasteiger partial charge is 0.504 e. The number of methoxy groups -OCH3 is 3. The first-order chi connectivity index (χ1) is 13.1. The lowest BCUT2D eigenvalue weighted by Gasteiger charge is -2.31. The van der Waals surface area contributed by atoms with Crippen molar-refractivity contribution < 1.29 is 29.2 Å². The maximum atomic E-state index is 10.2. The molecule has 0 saturated carbocycles. The summed E-state index contributed by atoms with van der Waals surface area (Å²) in [6.07, 6.45) is 1.23. The van der Waals surface area contributed by atoms with E-state index in [4.69, 9.17) is 18.9 Å². The summed E-state index contributed by atoms with van der Waals surface area (Å²) in [5.74, 6) is 1.45. The van der Waals surface area contributed by atoms with Crippen LogP contribution in [0.2, 0.25) is 0 Å². The summed E-state index contributed by atoms with van der Waals surface area (Å²) in [5, 5.41) is 20.4. The second-order valence-corrected chi connectivity index (χ2v) is 6.52. The van der Waals surface area contributed by atoms with Crippen molar-refractivity contribution in [1.82, 2.24) is 0 Å². The minimum atomic E-state index is -0.358. The smallest absolute Gasteiger partial charge is 0.161 e. The van der Waals surface area contributed by atoms with Gasteiger partial charge in [0.2, 0.25) is 0 Å². The summed E-state index contributed by atoms with van der Waals surface area (Å²) in [4.78, 5) is 0. The lowest BCUT2D eigenvalue weighted by molar-refractivity contribution is 0.0130. The highest BCUT2D eigenvalue weighted by molar-refractivity contribution is 5.50. The molecule has 0 radical (unpaired) electrons. The van der Waals surface area contributed by atoms with E-state index in [0.717, 1.165) is 29.5 Å². The number of phenolic OH excluding ortho intramolecular Hbond substituents is 1. The number of hydrogen-bond donors (Lipinski definition) is 2. The van der Waals surface area contributed by atoms with Crippen molar-refractivity contribution in [2.75, 3.05) is 34.5 Å². The molecule has 0 amide bonds. The Morgan fingerprint density at radius 3 is 2.41 bits per heavy atom. The van der Waals surface area contributed by atoms with Crippen molar-refractivity contribution in [1.29, 1.82) is 0 Å². The van der Waals surface area contributed by atoms with Gasteiger partial charge in [0.05, 0.1) is 34.0 Å². The Morgan fingerprint density at radius 2 is 1.74 bits per heavy atom. The predicted molar refractivity (Wildman–Crippen MR) is 101 cm³/mol. The van der Waals surface area contributed by atoms with E-state index >= 15 is 0 Å². The number of fused-ring (bicyclic) bond motifs is 1. The second-order valence-electron chi connectivity index (χ2n) is 6.52. The van der Waals surface area contributed by atoms with Gasteiger partial charge in [0.25, 0.3) is 0 Å². The molecular weight excluding hydrogens is 348 g/mol. The van der Waals surface area contributed by atoms with Crippen LogP contribution in [-0.4, -0.2) is 44.8 Å². The molecule has 3 rings (SSSR count). The van der Waals surface area contributed by atoms with Gasteiger partial charge < -0.3 is 29.2 Å². The molecule has 27 heavy (non-hydrogen) atoms. The maximum absolute atomic E-state index is 10.2. The molecule has 2 unspecified atom stereocenters. The van der Waals surface area contributed by atoms with Crippen LogP contribution in [0.3, 0.4) is 0 Å². The average Bonchev–Trinajstić information content (AvgIpc) is 2.68. The third-order valence-electron chi connectivity index (χ3n) is 5.03. The van der Waals surface area contributed by atoms with Crippen molar-refractivity contribution in [2.24, 2.45) is 0 Å². The number of aromatic hydroxyl groups is 1. The number of aliphatic hydroxyl groups excluding tert-OH is 1.